The van der Waals surface area contributed by atoms with Crippen molar-refractivity contribution in [1.29, 1.82) is 0 Å². The minimum absolute atomic E-state index is 0.175. The van der Waals surface area contributed by atoms with Crippen molar-refractivity contribution >= 4 is 38.3 Å². The Kier molecular flexibility index (Phi) is 2.50. The van der Waals surface area contributed by atoms with E-state index in [0.29, 0.717) is 0 Å². The number of rotatable bonds is 0. The Bertz CT molecular complexity index is 508. The van der Waals surface area contributed by atoms with Crippen LogP contribution in [0.4, 0.5) is 4.39 Å². The standard InChI is InChI=1S/C11H7BrClF/c1-6-4-7-2-3-9(14)11(13)10(7)8(12)5-6/h2-5H,1H3. The first-order valence-electron chi connectivity index (χ1n) is 4.13. The summed E-state index contributed by atoms with van der Waals surface area (Å²) in [6.07, 6.45) is 0. The summed E-state index contributed by atoms with van der Waals surface area (Å²) < 4.78 is 14.0. The Hall–Kier alpha value is -0.600. The number of hydrogen-bond acceptors (Lipinski definition) is 0. The second-order valence-corrected chi connectivity index (χ2v) is 4.44. The van der Waals surface area contributed by atoms with Gasteiger partial charge in [0.2, 0.25) is 0 Å². The normalized spacial score (nSPS) is 10.9. The van der Waals surface area contributed by atoms with E-state index >= 15 is 0 Å². The summed E-state index contributed by atoms with van der Waals surface area (Å²) in [7, 11) is 0. The van der Waals surface area contributed by atoms with Crippen molar-refractivity contribution in [3.8, 4) is 0 Å². The molecule has 0 radical (unpaired) electrons. The van der Waals surface area contributed by atoms with Gasteiger partial charge in [0.15, 0.2) is 0 Å². The van der Waals surface area contributed by atoms with Gasteiger partial charge in [0.05, 0.1) is 5.02 Å². The van der Waals surface area contributed by atoms with Crippen molar-refractivity contribution in [2.75, 3.05) is 0 Å². The molecule has 0 aliphatic rings. The lowest BCUT2D eigenvalue weighted by Gasteiger charge is -2.05. The molecule has 0 heterocycles. The van der Waals surface area contributed by atoms with E-state index < -0.39 is 0 Å². The minimum Gasteiger partial charge on any atom is -0.205 e. The smallest absolute Gasteiger partial charge is 0.142 e. The molecule has 0 saturated carbocycles. The van der Waals surface area contributed by atoms with Crippen LogP contribution in [0.2, 0.25) is 5.02 Å². The molecule has 3 heteroatoms. The summed E-state index contributed by atoms with van der Waals surface area (Å²) in [6.45, 7) is 1.99. The predicted molar refractivity (Wildman–Crippen MR) is 61.4 cm³/mol. The summed E-state index contributed by atoms with van der Waals surface area (Å²) >= 11 is 9.26. The third-order valence-corrected chi connectivity index (χ3v) is 3.10. The molecule has 0 saturated heterocycles. The van der Waals surface area contributed by atoms with Crippen LogP contribution in [-0.4, -0.2) is 0 Å². The first-order valence-corrected chi connectivity index (χ1v) is 5.30. The zero-order chi connectivity index (χ0) is 10.3. The van der Waals surface area contributed by atoms with Crippen molar-refractivity contribution in [3.63, 3.8) is 0 Å². The molecule has 0 spiro atoms. The SMILES string of the molecule is Cc1cc(Br)c2c(Cl)c(F)ccc2c1. The summed E-state index contributed by atoms with van der Waals surface area (Å²) in [5.74, 6) is -0.385. The second-order valence-electron chi connectivity index (χ2n) is 3.21. The van der Waals surface area contributed by atoms with Gasteiger partial charge >= 0.3 is 0 Å². The number of fused-ring (bicyclic) bond motifs is 1. The molecule has 0 aromatic heterocycles. The maximum Gasteiger partial charge on any atom is 0.142 e. The van der Waals surface area contributed by atoms with Gasteiger partial charge in [-0.3, -0.25) is 0 Å². The third kappa shape index (κ3) is 1.53. The Morgan fingerprint density at radius 2 is 2.00 bits per heavy atom. The van der Waals surface area contributed by atoms with Crippen molar-refractivity contribution in [2.24, 2.45) is 0 Å². The van der Waals surface area contributed by atoms with Gasteiger partial charge in [-0.25, -0.2) is 4.39 Å². The lowest BCUT2D eigenvalue weighted by molar-refractivity contribution is 0.630. The molecule has 0 aliphatic carbocycles. The number of aryl methyl sites for hydroxylation is 1. The Labute approximate surface area is 94.8 Å². The largest absolute Gasteiger partial charge is 0.205 e. The molecule has 0 amide bonds. The number of hydrogen-bond donors (Lipinski definition) is 0. The number of benzene rings is 2. The van der Waals surface area contributed by atoms with Gasteiger partial charge in [-0.1, -0.05) is 39.7 Å². The van der Waals surface area contributed by atoms with Crippen LogP contribution in [0.1, 0.15) is 5.56 Å². The van der Waals surface area contributed by atoms with Crippen LogP contribution < -0.4 is 0 Å². The van der Waals surface area contributed by atoms with Crippen molar-refractivity contribution < 1.29 is 4.39 Å². The van der Waals surface area contributed by atoms with Gasteiger partial charge in [0.25, 0.3) is 0 Å². The van der Waals surface area contributed by atoms with Crippen LogP contribution in [0.25, 0.3) is 10.8 Å². The molecule has 0 unspecified atom stereocenters. The topological polar surface area (TPSA) is 0 Å². The first kappa shape index (κ1) is 9.94. The average Bonchev–Trinajstić information content (AvgIpc) is 2.10. The molecule has 72 valence electrons. The molecule has 0 fully saturated rings. The molecule has 0 nitrogen and oxygen atoms in total. The van der Waals surface area contributed by atoms with E-state index in [0.717, 1.165) is 20.8 Å². The maximum absolute atomic E-state index is 13.2. The van der Waals surface area contributed by atoms with E-state index in [1.54, 1.807) is 6.07 Å². The van der Waals surface area contributed by atoms with Crippen LogP contribution in [0.5, 0.6) is 0 Å². The van der Waals surface area contributed by atoms with E-state index in [2.05, 4.69) is 15.9 Å². The highest BCUT2D eigenvalue weighted by atomic mass is 79.9. The molecule has 2 aromatic carbocycles. The highest BCUT2D eigenvalue weighted by molar-refractivity contribution is 9.10. The summed E-state index contributed by atoms with van der Waals surface area (Å²) in [5, 5.41) is 1.86. The van der Waals surface area contributed by atoms with Crippen LogP contribution in [0, 0.1) is 12.7 Å². The van der Waals surface area contributed by atoms with E-state index in [1.807, 2.05) is 19.1 Å². The molecule has 0 N–H and O–H groups in total. The Morgan fingerprint density at radius 1 is 1.29 bits per heavy atom. The van der Waals surface area contributed by atoms with Gasteiger partial charge < -0.3 is 0 Å². The third-order valence-electron chi connectivity index (χ3n) is 2.10. The van der Waals surface area contributed by atoms with E-state index in [1.165, 1.54) is 6.07 Å². The van der Waals surface area contributed by atoms with Gasteiger partial charge in [-0.05, 0) is 30.0 Å². The van der Waals surface area contributed by atoms with Gasteiger partial charge in [-0.2, -0.15) is 0 Å². The highest BCUT2D eigenvalue weighted by Crippen LogP contribution is 2.33. The molecule has 0 bridgehead atoms. The first-order chi connectivity index (χ1) is 6.59. The van der Waals surface area contributed by atoms with Crippen molar-refractivity contribution in [2.45, 2.75) is 6.92 Å². The molecule has 0 aliphatic heterocycles. The maximum atomic E-state index is 13.2. The Balaban J connectivity index is 2.95. The van der Waals surface area contributed by atoms with Crippen molar-refractivity contribution in [1.82, 2.24) is 0 Å². The fourth-order valence-corrected chi connectivity index (χ4v) is 2.66. The van der Waals surface area contributed by atoms with Gasteiger partial charge in [0, 0.05) is 9.86 Å². The fraction of sp³-hybridized carbons (Fsp3) is 0.0909. The zero-order valence-electron chi connectivity index (χ0n) is 7.44. The Morgan fingerprint density at radius 3 is 2.71 bits per heavy atom. The lowest BCUT2D eigenvalue weighted by atomic mass is 10.1. The molecular weight excluding hydrogens is 266 g/mol. The quantitative estimate of drug-likeness (QED) is 0.652. The van der Waals surface area contributed by atoms with E-state index in [4.69, 9.17) is 11.6 Å². The monoisotopic (exact) mass is 272 g/mol. The van der Waals surface area contributed by atoms with E-state index in [-0.39, 0.29) is 10.8 Å². The summed E-state index contributed by atoms with van der Waals surface area (Å²) in [6, 6.07) is 7.02. The highest BCUT2D eigenvalue weighted by Gasteiger charge is 2.08. The van der Waals surface area contributed by atoms with Crippen LogP contribution >= 0.6 is 27.5 Å². The lowest BCUT2D eigenvalue weighted by Crippen LogP contribution is -1.83. The van der Waals surface area contributed by atoms with Gasteiger partial charge in [0.1, 0.15) is 5.82 Å². The van der Waals surface area contributed by atoms with Crippen molar-refractivity contribution in [3.05, 3.63) is 45.1 Å². The molecule has 14 heavy (non-hydrogen) atoms. The minimum atomic E-state index is -0.385. The average molecular weight is 274 g/mol. The molecular formula is C11H7BrClF. The van der Waals surface area contributed by atoms with E-state index in [9.17, 15) is 4.39 Å². The molecule has 2 aromatic rings. The fourth-order valence-electron chi connectivity index (χ4n) is 1.49. The van der Waals surface area contributed by atoms with Gasteiger partial charge in [-0.15, -0.1) is 0 Å². The predicted octanol–water partition coefficient (Wildman–Crippen LogP) is 4.70. The van der Waals surface area contributed by atoms with Crippen LogP contribution in [0.3, 0.4) is 0 Å². The molecule has 0 atom stereocenters. The number of halogens is 3. The van der Waals surface area contributed by atoms with Crippen LogP contribution in [-0.2, 0) is 0 Å². The summed E-state index contributed by atoms with van der Waals surface area (Å²) in [4.78, 5) is 0. The summed E-state index contributed by atoms with van der Waals surface area (Å²) in [5.41, 5.74) is 1.12. The van der Waals surface area contributed by atoms with Crippen LogP contribution in [0.15, 0.2) is 28.7 Å². The zero-order valence-corrected chi connectivity index (χ0v) is 9.79. The molecule has 2 rings (SSSR count). The second kappa shape index (κ2) is 3.52.